The van der Waals surface area contributed by atoms with Gasteiger partial charge in [0.2, 0.25) is 15.9 Å². The number of amides is 1. The fraction of sp³-hybridized carbons (Fsp3) is 0.261. The number of hydrogen-bond donors (Lipinski definition) is 1. The van der Waals surface area contributed by atoms with Crippen LogP contribution in [0.3, 0.4) is 0 Å². The van der Waals surface area contributed by atoms with E-state index in [0.717, 1.165) is 23.6 Å². The Balaban J connectivity index is 1.32. The molecule has 0 unspecified atom stereocenters. The van der Waals surface area contributed by atoms with E-state index in [-0.39, 0.29) is 11.8 Å². The topological polar surface area (TPSA) is 79.6 Å². The standard InChI is InChI=1S/C23H24N2O4S/c26-23(11-10-20-7-4-16-29-20)25-14-12-18(13-15-25)17-24-30(27,28)22-9-3-6-19-5-1-2-8-21(19)22/h1-11,16,18,24H,12-15,17H2/b11-10+. The monoisotopic (exact) mass is 424 g/mol. The summed E-state index contributed by atoms with van der Waals surface area (Å²) in [4.78, 5) is 14.4. The number of furan rings is 1. The van der Waals surface area contributed by atoms with Gasteiger partial charge in [-0.25, -0.2) is 13.1 Å². The molecule has 0 radical (unpaired) electrons. The van der Waals surface area contributed by atoms with Gasteiger partial charge in [0, 0.05) is 31.1 Å². The molecule has 1 aromatic heterocycles. The number of fused-ring (bicyclic) bond motifs is 1. The lowest BCUT2D eigenvalue weighted by molar-refractivity contribution is -0.127. The summed E-state index contributed by atoms with van der Waals surface area (Å²) < 4.78 is 33.7. The minimum atomic E-state index is -3.60. The maximum Gasteiger partial charge on any atom is 0.246 e. The second kappa shape index (κ2) is 8.85. The predicted molar refractivity (Wildman–Crippen MR) is 116 cm³/mol. The normalized spacial score (nSPS) is 15.8. The van der Waals surface area contributed by atoms with Gasteiger partial charge < -0.3 is 9.32 Å². The Morgan fingerprint density at radius 2 is 1.83 bits per heavy atom. The van der Waals surface area contributed by atoms with E-state index in [2.05, 4.69) is 4.72 Å². The van der Waals surface area contributed by atoms with Gasteiger partial charge in [0.05, 0.1) is 11.2 Å². The van der Waals surface area contributed by atoms with E-state index in [9.17, 15) is 13.2 Å². The third kappa shape index (κ3) is 4.63. The predicted octanol–water partition coefficient (Wildman–Crippen LogP) is 3.66. The number of rotatable bonds is 6. The van der Waals surface area contributed by atoms with Crippen molar-refractivity contribution in [2.45, 2.75) is 17.7 Å². The van der Waals surface area contributed by atoms with Crippen LogP contribution in [0.2, 0.25) is 0 Å². The number of nitrogens with one attached hydrogen (secondary N) is 1. The van der Waals surface area contributed by atoms with Gasteiger partial charge >= 0.3 is 0 Å². The van der Waals surface area contributed by atoms with Crippen LogP contribution >= 0.6 is 0 Å². The molecule has 156 valence electrons. The van der Waals surface area contributed by atoms with Crippen molar-refractivity contribution < 1.29 is 17.6 Å². The Bertz CT molecular complexity index is 1140. The van der Waals surface area contributed by atoms with Crippen molar-refractivity contribution in [1.29, 1.82) is 0 Å². The highest BCUT2D eigenvalue weighted by Gasteiger charge is 2.24. The summed E-state index contributed by atoms with van der Waals surface area (Å²) in [6.45, 7) is 1.60. The number of carbonyl (C=O) groups excluding carboxylic acids is 1. The second-order valence-corrected chi connectivity index (χ2v) is 9.18. The van der Waals surface area contributed by atoms with Crippen molar-refractivity contribution in [2.75, 3.05) is 19.6 Å². The number of likely N-dealkylation sites (tertiary alicyclic amines) is 1. The molecule has 7 heteroatoms. The molecule has 0 saturated carbocycles. The number of hydrogen-bond acceptors (Lipinski definition) is 4. The lowest BCUT2D eigenvalue weighted by Gasteiger charge is -2.31. The first-order chi connectivity index (χ1) is 14.5. The summed E-state index contributed by atoms with van der Waals surface area (Å²) in [6.07, 6.45) is 6.26. The van der Waals surface area contributed by atoms with E-state index in [1.807, 2.05) is 30.3 Å². The SMILES string of the molecule is O=C(/C=C/c1ccco1)N1CCC(CNS(=O)(=O)c2cccc3ccccc23)CC1. The average molecular weight is 425 g/mol. The molecule has 6 nitrogen and oxygen atoms in total. The molecular weight excluding hydrogens is 400 g/mol. The molecule has 30 heavy (non-hydrogen) atoms. The van der Waals surface area contributed by atoms with Gasteiger partial charge in [-0.1, -0.05) is 36.4 Å². The number of benzene rings is 2. The average Bonchev–Trinajstić information content (AvgIpc) is 3.30. The summed E-state index contributed by atoms with van der Waals surface area (Å²) in [5.41, 5.74) is 0. The van der Waals surface area contributed by atoms with Crippen LogP contribution in [0, 0.1) is 5.92 Å². The van der Waals surface area contributed by atoms with Gasteiger partial charge in [0.25, 0.3) is 0 Å². The Kier molecular flexibility index (Phi) is 6.01. The molecule has 2 aromatic carbocycles. The highest BCUT2D eigenvalue weighted by molar-refractivity contribution is 7.89. The van der Waals surface area contributed by atoms with Crippen LogP contribution < -0.4 is 4.72 Å². The van der Waals surface area contributed by atoms with Crippen molar-refractivity contribution >= 4 is 32.8 Å². The third-order valence-electron chi connectivity index (χ3n) is 5.46. The summed E-state index contributed by atoms with van der Waals surface area (Å²) in [5.74, 6) is 0.787. The molecule has 4 rings (SSSR count). The van der Waals surface area contributed by atoms with Crippen LogP contribution in [0.4, 0.5) is 0 Å². The zero-order chi connectivity index (χ0) is 21.0. The fourth-order valence-electron chi connectivity index (χ4n) is 3.74. The molecule has 0 atom stereocenters. The first-order valence-electron chi connectivity index (χ1n) is 10.0. The smallest absolute Gasteiger partial charge is 0.246 e. The fourth-order valence-corrected chi connectivity index (χ4v) is 5.08. The Hall–Kier alpha value is -2.90. The molecular formula is C23H24N2O4S. The van der Waals surface area contributed by atoms with E-state index >= 15 is 0 Å². The molecule has 2 heterocycles. The van der Waals surface area contributed by atoms with Crippen LogP contribution in [0.5, 0.6) is 0 Å². The van der Waals surface area contributed by atoms with Crippen LogP contribution in [0.15, 0.2) is 76.2 Å². The van der Waals surface area contributed by atoms with Crippen molar-refractivity contribution in [2.24, 2.45) is 5.92 Å². The number of nitrogens with zero attached hydrogens (tertiary/aromatic N) is 1. The molecule has 1 aliphatic rings. The van der Waals surface area contributed by atoms with Crippen LogP contribution in [-0.4, -0.2) is 38.9 Å². The lowest BCUT2D eigenvalue weighted by atomic mass is 9.97. The van der Waals surface area contributed by atoms with Gasteiger partial charge in [0.1, 0.15) is 5.76 Å². The molecule has 0 bridgehead atoms. The molecule has 0 spiro atoms. The van der Waals surface area contributed by atoms with Crippen LogP contribution in [-0.2, 0) is 14.8 Å². The number of carbonyl (C=O) groups is 1. The quantitative estimate of drug-likeness (QED) is 0.613. The molecule has 3 aromatic rings. The third-order valence-corrected chi connectivity index (χ3v) is 6.94. The van der Waals surface area contributed by atoms with Gasteiger partial charge in [-0.2, -0.15) is 0 Å². The van der Waals surface area contributed by atoms with E-state index in [1.165, 1.54) is 6.08 Å². The van der Waals surface area contributed by atoms with E-state index in [0.29, 0.717) is 30.3 Å². The maximum absolute atomic E-state index is 12.9. The molecule has 1 N–H and O–H groups in total. The first kappa shape index (κ1) is 20.4. The van der Waals surface area contributed by atoms with E-state index in [4.69, 9.17) is 4.42 Å². The number of piperidine rings is 1. The van der Waals surface area contributed by atoms with E-state index < -0.39 is 10.0 Å². The summed E-state index contributed by atoms with van der Waals surface area (Å²) in [5, 5.41) is 1.62. The van der Waals surface area contributed by atoms with Crippen LogP contribution in [0.25, 0.3) is 16.8 Å². The zero-order valence-corrected chi connectivity index (χ0v) is 17.3. The Morgan fingerprint density at radius 3 is 2.60 bits per heavy atom. The van der Waals surface area contributed by atoms with Gasteiger partial charge in [0.15, 0.2) is 0 Å². The second-order valence-electron chi connectivity index (χ2n) is 7.45. The highest BCUT2D eigenvalue weighted by Crippen LogP contribution is 2.23. The van der Waals surface area contributed by atoms with Crippen molar-refractivity contribution in [3.05, 3.63) is 72.7 Å². The van der Waals surface area contributed by atoms with Gasteiger partial charge in [-0.15, -0.1) is 0 Å². The molecule has 1 saturated heterocycles. The van der Waals surface area contributed by atoms with Crippen molar-refractivity contribution in [1.82, 2.24) is 9.62 Å². The lowest BCUT2D eigenvalue weighted by Crippen LogP contribution is -2.40. The zero-order valence-electron chi connectivity index (χ0n) is 16.5. The van der Waals surface area contributed by atoms with Gasteiger partial charge in [-0.05, 0) is 48.4 Å². The summed E-state index contributed by atoms with van der Waals surface area (Å²) in [7, 11) is -3.60. The van der Waals surface area contributed by atoms with E-state index in [1.54, 1.807) is 41.5 Å². The number of sulfonamides is 1. The molecule has 1 aliphatic heterocycles. The van der Waals surface area contributed by atoms with Crippen molar-refractivity contribution in [3.63, 3.8) is 0 Å². The minimum Gasteiger partial charge on any atom is -0.465 e. The molecule has 1 fully saturated rings. The molecule has 0 aliphatic carbocycles. The first-order valence-corrected chi connectivity index (χ1v) is 11.5. The Labute approximate surface area is 176 Å². The largest absolute Gasteiger partial charge is 0.465 e. The van der Waals surface area contributed by atoms with Gasteiger partial charge in [-0.3, -0.25) is 4.79 Å². The minimum absolute atomic E-state index is 0.0545. The molecule has 1 amide bonds. The van der Waals surface area contributed by atoms with Crippen molar-refractivity contribution in [3.8, 4) is 0 Å². The highest BCUT2D eigenvalue weighted by atomic mass is 32.2. The van der Waals surface area contributed by atoms with Crippen LogP contribution in [0.1, 0.15) is 18.6 Å². The summed E-state index contributed by atoms with van der Waals surface area (Å²) in [6, 6.07) is 16.3. The summed E-state index contributed by atoms with van der Waals surface area (Å²) >= 11 is 0. The maximum atomic E-state index is 12.9. The Morgan fingerprint density at radius 1 is 1.07 bits per heavy atom.